The molecule has 0 unspecified atom stereocenters. The summed E-state index contributed by atoms with van der Waals surface area (Å²) in [4.78, 5) is 27.3. The van der Waals surface area contributed by atoms with Gasteiger partial charge in [-0.1, -0.05) is 38.1 Å². The number of hydrogen-bond acceptors (Lipinski definition) is 6. The van der Waals surface area contributed by atoms with Gasteiger partial charge in [0.2, 0.25) is 5.91 Å². The molecule has 1 heterocycles. The number of fused-ring (bicyclic) bond motifs is 1. The molecule has 1 atom stereocenters. The van der Waals surface area contributed by atoms with Gasteiger partial charge in [-0.25, -0.2) is 8.42 Å². The van der Waals surface area contributed by atoms with Crippen LogP contribution in [-0.2, 0) is 20.4 Å². The summed E-state index contributed by atoms with van der Waals surface area (Å²) in [6.07, 6.45) is 0. The first-order valence-electron chi connectivity index (χ1n) is 11.2. The summed E-state index contributed by atoms with van der Waals surface area (Å²) in [7, 11) is -3.53. The third kappa shape index (κ3) is 6.55. The summed E-state index contributed by atoms with van der Waals surface area (Å²) in [5.74, 6) is -1.10. The second-order valence-electron chi connectivity index (χ2n) is 8.21. The molecule has 0 fully saturated rings. The van der Waals surface area contributed by atoms with Crippen molar-refractivity contribution in [2.75, 3.05) is 42.6 Å². The number of carbonyl (C=O) groups is 2. The zero-order valence-electron chi connectivity index (χ0n) is 19.3. The minimum atomic E-state index is -3.53. The van der Waals surface area contributed by atoms with E-state index in [1.807, 2.05) is 19.1 Å². The molecule has 3 N–H and O–H groups in total. The van der Waals surface area contributed by atoms with Crippen LogP contribution in [0, 0.1) is 6.92 Å². The van der Waals surface area contributed by atoms with Crippen molar-refractivity contribution in [1.29, 1.82) is 0 Å². The van der Waals surface area contributed by atoms with Gasteiger partial charge in [0.25, 0.3) is 5.91 Å². The van der Waals surface area contributed by atoms with Crippen molar-refractivity contribution < 1.29 is 18.0 Å². The van der Waals surface area contributed by atoms with Gasteiger partial charge in [0.15, 0.2) is 9.84 Å². The molecule has 2 aromatic rings. The highest BCUT2D eigenvalue weighted by Gasteiger charge is 2.30. The van der Waals surface area contributed by atoms with Gasteiger partial charge in [-0.2, -0.15) is 0 Å². The number of aryl methyl sites for hydroxylation is 1. The first-order valence-corrected chi connectivity index (χ1v) is 13.0. The lowest BCUT2D eigenvalue weighted by molar-refractivity contribution is -0.116. The molecular formula is C24H32N4O4S. The Bertz CT molecular complexity index is 1110. The molecule has 0 aliphatic carbocycles. The lowest BCUT2D eigenvalue weighted by Crippen LogP contribution is -2.43. The van der Waals surface area contributed by atoms with Gasteiger partial charge in [0.05, 0.1) is 22.9 Å². The van der Waals surface area contributed by atoms with E-state index in [1.165, 1.54) is 0 Å². The minimum absolute atomic E-state index is 0.120. The van der Waals surface area contributed by atoms with Gasteiger partial charge < -0.3 is 20.9 Å². The summed E-state index contributed by atoms with van der Waals surface area (Å²) < 4.78 is 25.5. The van der Waals surface area contributed by atoms with Crippen LogP contribution in [0.25, 0.3) is 0 Å². The fourth-order valence-corrected chi connectivity index (χ4v) is 5.45. The molecule has 0 bridgehead atoms. The molecule has 2 amide bonds. The van der Waals surface area contributed by atoms with Crippen LogP contribution in [0.1, 0.15) is 35.3 Å². The molecule has 33 heavy (non-hydrogen) atoms. The Hall–Kier alpha value is -2.91. The SMILES string of the molecule is CCN(CC)CCNC(=O)c1ccc2c(c1)NC(=O)[C@@H](CS(=O)(=O)Cc1ccccc1C)N2. The zero-order valence-corrected chi connectivity index (χ0v) is 20.2. The molecule has 0 saturated heterocycles. The quantitative estimate of drug-likeness (QED) is 0.490. The number of amides is 2. The van der Waals surface area contributed by atoms with Crippen LogP contribution in [-0.4, -0.2) is 63.1 Å². The van der Waals surface area contributed by atoms with E-state index in [9.17, 15) is 18.0 Å². The second-order valence-corrected chi connectivity index (χ2v) is 10.3. The van der Waals surface area contributed by atoms with E-state index in [0.717, 1.165) is 30.8 Å². The smallest absolute Gasteiger partial charge is 0.251 e. The van der Waals surface area contributed by atoms with E-state index in [1.54, 1.807) is 30.3 Å². The maximum absolute atomic E-state index is 12.7. The average molecular weight is 473 g/mol. The standard InChI is InChI=1S/C24H32N4O4S/c1-4-28(5-2)13-12-25-23(29)18-10-11-20-21(14-18)27-24(30)22(26-20)16-33(31,32)15-19-9-7-6-8-17(19)3/h6-11,14,22,26H,4-5,12-13,15-16H2,1-3H3,(H,25,29)(H,27,30)/t22-/m1/s1. The van der Waals surface area contributed by atoms with Crippen molar-refractivity contribution in [1.82, 2.24) is 10.2 Å². The van der Waals surface area contributed by atoms with E-state index in [0.29, 0.717) is 23.5 Å². The summed E-state index contributed by atoms with van der Waals surface area (Å²) in [5, 5.41) is 8.65. The van der Waals surface area contributed by atoms with Crippen LogP contribution in [0.5, 0.6) is 0 Å². The number of nitrogens with one attached hydrogen (secondary N) is 3. The molecular weight excluding hydrogens is 440 g/mol. The fraction of sp³-hybridized carbons (Fsp3) is 0.417. The molecule has 178 valence electrons. The Kier molecular flexibility index (Phi) is 8.10. The Morgan fingerprint density at radius 2 is 1.82 bits per heavy atom. The van der Waals surface area contributed by atoms with Gasteiger partial charge in [-0.15, -0.1) is 0 Å². The molecule has 0 saturated carbocycles. The first kappa shape index (κ1) is 24.7. The van der Waals surface area contributed by atoms with E-state index in [4.69, 9.17) is 0 Å². The fourth-order valence-electron chi connectivity index (χ4n) is 3.80. The lowest BCUT2D eigenvalue weighted by atomic mass is 10.1. The molecule has 2 aromatic carbocycles. The Balaban J connectivity index is 1.63. The second kappa shape index (κ2) is 10.8. The minimum Gasteiger partial charge on any atom is -0.371 e. The Morgan fingerprint density at radius 3 is 2.52 bits per heavy atom. The third-order valence-electron chi connectivity index (χ3n) is 5.85. The lowest BCUT2D eigenvalue weighted by Gasteiger charge is -2.27. The normalized spacial score (nSPS) is 15.5. The number of rotatable bonds is 10. The molecule has 9 heteroatoms. The van der Waals surface area contributed by atoms with Crippen molar-refractivity contribution in [2.24, 2.45) is 0 Å². The Morgan fingerprint density at radius 1 is 1.09 bits per heavy atom. The number of sulfone groups is 1. The van der Waals surface area contributed by atoms with Crippen molar-refractivity contribution in [3.05, 3.63) is 59.2 Å². The number of anilines is 2. The van der Waals surface area contributed by atoms with Gasteiger partial charge in [0, 0.05) is 18.7 Å². The van der Waals surface area contributed by atoms with Gasteiger partial charge in [0.1, 0.15) is 6.04 Å². The van der Waals surface area contributed by atoms with Crippen LogP contribution in [0.4, 0.5) is 11.4 Å². The van der Waals surface area contributed by atoms with Crippen LogP contribution < -0.4 is 16.0 Å². The molecule has 1 aliphatic rings. The van der Waals surface area contributed by atoms with Crippen molar-refractivity contribution in [2.45, 2.75) is 32.6 Å². The molecule has 1 aliphatic heterocycles. The maximum Gasteiger partial charge on any atom is 0.251 e. The summed E-state index contributed by atoms with van der Waals surface area (Å²) in [6, 6.07) is 11.4. The number of carbonyl (C=O) groups excluding carboxylic acids is 2. The topological polar surface area (TPSA) is 108 Å². The zero-order chi connectivity index (χ0) is 24.0. The number of likely N-dealkylation sites (N-methyl/N-ethyl adjacent to an activating group) is 1. The molecule has 0 spiro atoms. The van der Waals surface area contributed by atoms with E-state index < -0.39 is 21.8 Å². The maximum atomic E-state index is 12.7. The largest absolute Gasteiger partial charge is 0.371 e. The highest BCUT2D eigenvalue weighted by molar-refractivity contribution is 7.90. The third-order valence-corrected chi connectivity index (χ3v) is 7.44. The number of benzene rings is 2. The first-order chi connectivity index (χ1) is 15.7. The average Bonchev–Trinajstić information content (AvgIpc) is 2.78. The van der Waals surface area contributed by atoms with Gasteiger partial charge >= 0.3 is 0 Å². The number of nitrogens with zero attached hydrogens (tertiary/aromatic N) is 1. The molecule has 8 nitrogen and oxygen atoms in total. The summed E-state index contributed by atoms with van der Waals surface area (Å²) >= 11 is 0. The van der Waals surface area contributed by atoms with Crippen LogP contribution in [0.2, 0.25) is 0 Å². The summed E-state index contributed by atoms with van der Waals surface area (Å²) in [6.45, 7) is 9.15. The van der Waals surface area contributed by atoms with E-state index in [2.05, 4.69) is 34.7 Å². The van der Waals surface area contributed by atoms with E-state index in [-0.39, 0.29) is 17.4 Å². The van der Waals surface area contributed by atoms with Crippen molar-refractivity contribution in [3.8, 4) is 0 Å². The number of hydrogen-bond donors (Lipinski definition) is 3. The van der Waals surface area contributed by atoms with E-state index >= 15 is 0 Å². The molecule has 3 rings (SSSR count). The molecule has 0 aromatic heterocycles. The summed E-state index contributed by atoms with van der Waals surface area (Å²) in [5.41, 5.74) is 3.11. The highest BCUT2D eigenvalue weighted by Crippen LogP contribution is 2.28. The van der Waals surface area contributed by atoms with Crippen LogP contribution >= 0.6 is 0 Å². The Labute approximate surface area is 195 Å². The van der Waals surface area contributed by atoms with Crippen molar-refractivity contribution >= 4 is 33.0 Å². The predicted octanol–water partition coefficient (Wildman–Crippen LogP) is 2.41. The highest BCUT2D eigenvalue weighted by atomic mass is 32.2. The van der Waals surface area contributed by atoms with Crippen LogP contribution in [0.3, 0.4) is 0 Å². The monoisotopic (exact) mass is 472 g/mol. The van der Waals surface area contributed by atoms with Crippen LogP contribution in [0.15, 0.2) is 42.5 Å². The molecule has 0 radical (unpaired) electrons. The van der Waals surface area contributed by atoms with Crippen molar-refractivity contribution in [3.63, 3.8) is 0 Å². The predicted molar refractivity (Wildman–Crippen MR) is 131 cm³/mol. The van der Waals surface area contributed by atoms with Gasteiger partial charge in [-0.3, -0.25) is 9.59 Å². The van der Waals surface area contributed by atoms with Gasteiger partial charge in [-0.05, 0) is 49.3 Å².